The van der Waals surface area contributed by atoms with E-state index in [-0.39, 0.29) is 5.78 Å². The average Bonchev–Trinajstić information content (AvgIpc) is 2.00. The van der Waals surface area contributed by atoms with Gasteiger partial charge in [0.2, 0.25) is 0 Å². The molecule has 0 aromatic rings. The fourth-order valence-corrected chi connectivity index (χ4v) is 1.65. The molecule has 2 unspecified atom stereocenters. The third-order valence-corrected chi connectivity index (χ3v) is 2.41. The van der Waals surface area contributed by atoms with Gasteiger partial charge in [-0.3, -0.25) is 4.79 Å². The van der Waals surface area contributed by atoms with Gasteiger partial charge in [-0.1, -0.05) is 18.6 Å². The normalized spacial score (nSPS) is 14.5. The average molecular weight is 212 g/mol. The summed E-state index contributed by atoms with van der Waals surface area (Å²) >= 11 is 0. The molecule has 0 rings (SSSR count). The van der Waals surface area contributed by atoms with Gasteiger partial charge in [0.05, 0.1) is 6.10 Å². The zero-order valence-corrected chi connectivity index (χ0v) is 10.4. The Balaban J connectivity index is 3.68. The number of aliphatic hydroxyl groups excluding tert-OH is 1. The van der Waals surface area contributed by atoms with Crippen LogP contribution in [0.4, 0.5) is 0 Å². The van der Waals surface area contributed by atoms with Crippen LogP contribution in [0, 0.1) is 5.92 Å². The van der Waals surface area contributed by atoms with Crippen LogP contribution in [0.3, 0.4) is 0 Å². The Labute approximate surface area is 93.4 Å². The lowest BCUT2D eigenvalue weighted by Crippen LogP contribution is -2.15. The molecule has 2 heteroatoms. The van der Waals surface area contributed by atoms with Gasteiger partial charge in [-0.15, -0.1) is 0 Å². The Morgan fingerprint density at radius 3 is 2.40 bits per heavy atom. The van der Waals surface area contributed by atoms with E-state index < -0.39 is 6.10 Å². The lowest BCUT2D eigenvalue weighted by molar-refractivity contribution is -0.119. The monoisotopic (exact) mass is 212 g/mol. The molecular weight excluding hydrogens is 188 g/mol. The summed E-state index contributed by atoms with van der Waals surface area (Å²) < 4.78 is 0. The molecule has 0 fully saturated rings. The third kappa shape index (κ3) is 9.67. The van der Waals surface area contributed by atoms with Gasteiger partial charge in [-0.05, 0) is 46.0 Å². The minimum atomic E-state index is -0.454. The second kappa shape index (κ2) is 7.63. The summed E-state index contributed by atoms with van der Waals surface area (Å²) in [6.45, 7) is 7.84. The predicted molar refractivity (Wildman–Crippen MR) is 63.8 cm³/mol. The summed E-state index contributed by atoms with van der Waals surface area (Å²) in [5.41, 5.74) is 1.34. The molecular formula is C13H24O2. The molecule has 0 aliphatic rings. The number of carbonyl (C=O) groups is 1. The van der Waals surface area contributed by atoms with Crippen LogP contribution in [0.5, 0.6) is 0 Å². The number of allylic oxidation sites excluding steroid dienone is 2. The summed E-state index contributed by atoms with van der Waals surface area (Å²) in [6, 6.07) is 0. The Morgan fingerprint density at radius 2 is 1.93 bits per heavy atom. The van der Waals surface area contributed by atoms with Crippen molar-refractivity contribution in [3.05, 3.63) is 11.6 Å². The topological polar surface area (TPSA) is 37.3 Å². The lowest BCUT2D eigenvalue weighted by atomic mass is 9.96. The number of ketones is 1. The standard InChI is InChI=1S/C13H24O2/c1-10(2)6-5-7-11(3)8-13(15)9-12(4)14/h6,11,13,15H,5,7-9H2,1-4H3. The third-order valence-electron chi connectivity index (χ3n) is 2.41. The van der Waals surface area contributed by atoms with Crippen molar-refractivity contribution in [1.29, 1.82) is 0 Å². The number of Topliss-reactive ketones (excluding diaryl/α,β-unsaturated/α-hetero) is 1. The molecule has 88 valence electrons. The van der Waals surface area contributed by atoms with Gasteiger partial charge < -0.3 is 5.11 Å². The lowest BCUT2D eigenvalue weighted by Gasteiger charge is -2.14. The highest BCUT2D eigenvalue weighted by Gasteiger charge is 2.11. The second-order valence-corrected chi connectivity index (χ2v) is 4.76. The van der Waals surface area contributed by atoms with Gasteiger partial charge in [0.1, 0.15) is 5.78 Å². The van der Waals surface area contributed by atoms with Gasteiger partial charge in [0, 0.05) is 6.42 Å². The number of carbonyl (C=O) groups excluding carboxylic acids is 1. The van der Waals surface area contributed by atoms with Crippen LogP contribution >= 0.6 is 0 Å². The van der Waals surface area contributed by atoms with Crippen molar-refractivity contribution in [2.75, 3.05) is 0 Å². The van der Waals surface area contributed by atoms with Crippen molar-refractivity contribution in [2.45, 2.75) is 59.5 Å². The largest absolute Gasteiger partial charge is 0.393 e. The van der Waals surface area contributed by atoms with Crippen molar-refractivity contribution in [3.63, 3.8) is 0 Å². The summed E-state index contributed by atoms with van der Waals surface area (Å²) in [7, 11) is 0. The van der Waals surface area contributed by atoms with Crippen molar-refractivity contribution >= 4 is 5.78 Å². The van der Waals surface area contributed by atoms with Gasteiger partial charge in [-0.25, -0.2) is 0 Å². The molecule has 0 aromatic heterocycles. The quantitative estimate of drug-likeness (QED) is 0.658. The molecule has 1 N–H and O–H groups in total. The molecule has 0 saturated carbocycles. The molecule has 0 aromatic carbocycles. The maximum absolute atomic E-state index is 10.8. The second-order valence-electron chi connectivity index (χ2n) is 4.76. The first-order chi connectivity index (χ1) is 6.91. The van der Waals surface area contributed by atoms with E-state index in [0.29, 0.717) is 12.3 Å². The van der Waals surface area contributed by atoms with Crippen molar-refractivity contribution in [2.24, 2.45) is 5.92 Å². The highest BCUT2D eigenvalue weighted by molar-refractivity contribution is 5.75. The van der Waals surface area contributed by atoms with Crippen molar-refractivity contribution in [1.82, 2.24) is 0 Å². The molecule has 0 radical (unpaired) electrons. The first-order valence-corrected chi connectivity index (χ1v) is 5.72. The summed E-state index contributed by atoms with van der Waals surface area (Å²) in [4.78, 5) is 10.8. The smallest absolute Gasteiger partial charge is 0.132 e. The Kier molecular flexibility index (Phi) is 7.31. The Hall–Kier alpha value is -0.630. The maximum atomic E-state index is 10.8. The number of hydrogen-bond acceptors (Lipinski definition) is 2. The van der Waals surface area contributed by atoms with Crippen LogP contribution in [-0.4, -0.2) is 17.0 Å². The molecule has 15 heavy (non-hydrogen) atoms. The first kappa shape index (κ1) is 14.4. The molecule has 0 heterocycles. The van der Waals surface area contributed by atoms with Crippen LogP contribution in [0.2, 0.25) is 0 Å². The molecule has 0 bridgehead atoms. The van der Waals surface area contributed by atoms with E-state index >= 15 is 0 Å². The van der Waals surface area contributed by atoms with E-state index in [1.54, 1.807) is 0 Å². The summed E-state index contributed by atoms with van der Waals surface area (Å²) in [6.07, 6.45) is 4.94. The number of rotatable bonds is 7. The van der Waals surface area contributed by atoms with Crippen LogP contribution in [0.15, 0.2) is 11.6 Å². The van der Waals surface area contributed by atoms with Gasteiger partial charge >= 0.3 is 0 Å². The van der Waals surface area contributed by atoms with E-state index in [1.807, 2.05) is 0 Å². The number of aliphatic hydroxyl groups is 1. The Bertz CT molecular complexity index is 215. The van der Waals surface area contributed by atoms with Crippen LogP contribution < -0.4 is 0 Å². The van der Waals surface area contributed by atoms with Gasteiger partial charge in [0.15, 0.2) is 0 Å². The van der Waals surface area contributed by atoms with E-state index in [0.717, 1.165) is 19.3 Å². The van der Waals surface area contributed by atoms with Gasteiger partial charge in [0.25, 0.3) is 0 Å². The fraction of sp³-hybridized carbons (Fsp3) is 0.769. The molecule has 0 amide bonds. The minimum absolute atomic E-state index is 0.0685. The molecule has 0 spiro atoms. The zero-order valence-electron chi connectivity index (χ0n) is 10.4. The van der Waals surface area contributed by atoms with E-state index in [9.17, 15) is 9.90 Å². The van der Waals surface area contributed by atoms with Crippen LogP contribution in [-0.2, 0) is 4.79 Å². The molecule has 2 atom stereocenters. The molecule has 2 nitrogen and oxygen atoms in total. The summed E-state index contributed by atoms with van der Waals surface area (Å²) in [5.74, 6) is 0.550. The zero-order chi connectivity index (χ0) is 11.8. The maximum Gasteiger partial charge on any atom is 0.132 e. The highest BCUT2D eigenvalue weighted by Crippen LogP contribution is 2.15. The summed E-state index contributed by atoms with van der Waals surface area (Å²) in [5, 5.41) is 9.56. The SMILES string of the molecule is CC(=O)CC(O)CC(C)CCC=C(C)C. The van der Waals surface area contributed by atoms with Crippen molar-refractivity contribution < 1.29 is 9.90 Å². The number of hydrogen-bond donors (Lipinski definition) is 1. The molecule has 0 aliphatic carbocycles. The Morgan fingerprint density at radius 1 is 1.33 bits per heavy atom. The predicted octanol–water partition coefficient (Wildman–Crippen LogP) is 3.10. The molecule has 0 aliphatic heterocycles. The van der Waals surface area contributed by atoms with E-state index in [2.05, 4.69) is 26.8 Å². The molecule has 0 saturated heterocycles. The van der Waals surface area contributed by atoms with E-state index in [1.165, 1.54) is 12.5 Å². The van der Waals surface area contributed by atoms with Crippen molar-refractivity contribution in [3.8, 4) is 0 Å². The van der Waals surface area contributed by atoms with Crippen LogP contribution in [0.1, 0.15) is 53.4 Å². The highest BCUT2D eigenvalue weighted by atomic mass is 16.3. The van der Waals surface area contributed by atoms with Crippen LogP contribution in [0.25, 0.3) is 0 Å². The van der Waals surface area contributed by atoms with E-state index in [4.69, 9.17) is 0 Å². The van der Waals surface area contributed by atoms with Gasteiger partial charge in [-0.2, -0.15) is 0 Å². The first-order valence-electron chi connectivity index (χ1n) is 5.72. The minimum Gasteiger partial charge on any atom is -0.393 e. The fourth-order valence-electron chi connectivity index (χ4n) is 1.65.